The molecule has 1 spiro atoms. The summed E-state index contributed by atoms with van der Waals surface area (Å²) in [4.78, 5) is 2.58. The number of nitrogens with zero attached hydrogens (tertiary/aromatic N) is 2. The van der Waals surface area contributed by atoms with Crippen LogP contribution < -0.4 is 51.4 Å². The molecule has 0 atom stereocenters. The third kappa shape index (κ3) is 1.62. The van der Waals surface area contributed by atoms with Crippen LogP contribution in [0, 0.1) is 0 Å². The number of rotatable bonds is 1. The monoisotopic (exact) mass is 178 g/mol. The Morgan fingerprint density at radius 1 is 1.36 bits per heavy atom. The predicted molar refractivity (Wildman–Crippen MR) is 42.3 cm³/mol. The maximum atomic E-state index is 4.28. The minimum absolute atomic E-state index is 0. The summed E-state index contributed by atoms with van der Waals surface area (Å²) in [6, 6.07) is 0.726. The summed E-state index contributed by atoms with van der Waals surface area (Å²) in [5, 5.41) is 4.28. The van der Waals surface area contributed by atoms with Gasteiger partial charge in [-0.05, 0) is 25.8 Å². The number of likely N-dealkylation sites (tertiary alicyclic amines) is 1. The molecule has 2 aliphatic rings. The third-order valence-electron chi connectivity index (χ3n) is 2.86. The molecule has 0 aliphatic carbocycles. The summed E-state index contributed by atoms with van der Waals surface area (Å²) in [5.74, 6) is 0. The van der Waals surface area contributed by atoms with E-state index in [-0.39, 0.29) is 51.4 Å². The van der Waals surface area contributed by atoms with Gasteiger partial charge in [-0.15, -0.1) is 13.1 Å². The standard InChI is InChI=1S/C8H15N2.K/c1-7(2)10-4-3-8(10)5-9-6-8;/h7H,3-6H2,1-2H3;/q-1;+1. The fourth-order valence-corrected chi connectivity index (χ4v) is 2.07. The molecule has 11 heavy (non-hydrogen) atoms. The van der Waals surface area contributed by atoms with Crippen molar-refractivity contribution in [3.05, 3.63) is 5.32 Å². The molecule has 0 saturated carbocycles. The second-order valence-corrected chi connectivity index (χ2v) is 3.80. The van der Waals surface area contributed by atoms with Gasteiger partial charge in [-0.25, -0.2) is 0 Å². The fraction of sp³-hybridized carbons (Fsp3) is 1.00. The van der Waals surface area contributed by atoms with Crippen LogP contribution in [-0.4, -0.2) is 36.1 Å². The SMILES string of the molecule is CC(C)N1CCC12C[N-]C2.[K+]. The van der Waals surface area contributed by atoms with Crippen molar-refractivity contribution in [1.82, 2.24) is 4.90 Å². The Bertz CT molecular complexity index is 138. The Labute approximate surface area is 112 Å². The third-order valence-corrected chi connectivity index (χ3v) is 2.86. The van der Waals surface area contributed by atoms with Crippen LogP contribution in [0.25, 0.3) is 5.32 Å². The summed E-state index contributed by atoms with van der Waals surface area (Å²) in [7, 11) is 0. The van der Waals surface area contributed by atoms with E-state index >= 15 is 0 Å². The van der Waals surface area contributed by atoms with E-state index in [2.05, 4.69) is 24.1 Å². The maximum Gasteiger partial charge on any atom is 1.00 e. The Kier molecular flexibility index (Phi) is 3.62. The molecule has 0 aromatic heterocycles. The molecule has 0 bridgehead atoms. The zero-order valence-electron chi connectivity index (χ0n) is 7.80. The van der Waals surface area contributed by atoms with Crippen LogP contribution >= 0.6 is 0 Å². The van der Waals surface area contributed by atoms with Crippen molar-refractivity contribution in [2.45, 2.75) is 31.8 Å². The average Bonchev–Trinajstić information content (AvgIpc) is 1.53. The van der Waals surface area contributed by atoms with Gasteiger partial charge in [0.15, 0.2) is 0 Å². The molecule has 0 amide bonds. The van der Waals surface area contributed by atoms with Gasteiger partial charge in [0.1, 0.15) is 0 Å². The maximum absolute atomic E-state index is 4.28. The first-order valence-electron chi connectivity index (χ1n) is 4.15. The minimum atomic E-state index is 0. The van der Waals surface area contributed by atoms with E-state index in [4.69, 9.17) is 0 Å². The summed E-state index contributed by atoms with van der Waals surface area (Å²) >= 11 is 0. The quantitative estimate of drug-likeness (QED) is 0.435. The predicted octanol–water partition coefficient (Wildman–Crippen LogP) is -1.77. The van der Waals surface area contributed by atoms with E-state index in [9.17, 15) is 0 Å². The molecule has 2 saturated heterocycles. The first-order chi connectivity index (χ1) is 4.75. The molecule has 0 unspecified atom stereocenters. The smallest absolute Gasteiger partial charge is 0.659 e. The van der Waals surface area contributed by atoms with E-state index in [1.54, 1.807) is 0 Å². The first-order valence-corrected chi connectivity index (χ1v) is 4.15. The number of hydrogen-bond donors (Lipinski definition) is 0. The van der Waals surface area contributed by atoms with Crippen LogP contribution in [0.1, 0.15) is 20.3 Å². The van der Waals surface area contributed by atoms with Crippen LogP contribution in [0.5, 0.6) is 0 Å². The molecule has 3 heteroatoms. The van der Waals surface area contributed by atoms with Crippen molar-refractivity contribution in [3.8, 4) is 0 Å². The van der Waals surface area contributed by atoms with Crippen molar-refractivity contribution in [2.24, 2.45) is 0 Å². The minimum Gasteiger partial charge on any atom is -0.659 e. The zero-order valence-corrected chi connectivity index (χ0v) is 10.9. The van der Waals surface area contributed by atoms with Gasteiger partial charge >= 0.3 is 51.4 Å². The van der Waals surface area contributed by atoms with Gasteiger partial charge in [-0.3, -0.25) is 4.90 Å². The van der Waals surface area contributed by atoms with E-state index in [0.29, 0.717) is 5.54 Å². The van der Waals surface area contributed by atoms with E-state index in [1.165, 1.54) is 13.0 Å². The van der Waals surface area contributed by atoms with Crippen LogP contribution in [0.2, 0.25) is 0 Å². The zero-order chi connectivity index (χ0) is 7.19. The van der Waals surface area contributed by atoms with Gasteiger partial charge in [0.2, 0.25) is 0 Å². The topological polar surface area (TPSA) is 17.3 Å². The van der Waals surface area contributed by atoms with Crippen molar-refractivity contribution >= 4 is 0 Å². The molecule has 2 rings (SSSR count). The Morgan fingerprint density at radius 3 is 2.09 bits per heavy atom. The summed E-state index contributed by atoms with van der Waals surface area (Å²) in [5.41, 5.74) is 0.550. The Hall–Kier alpha value is 1.56. The molecule has 2 heterocycles. The summed E-state index contributed by atoms with van der Waals surface area (Å²) in [6.07, 6.45) is 1.38. The normalized spacial score (nSPS) is 27.5. The average molecular weight is 178 g/mol. The molecular weight excluding hydrogens is 163 g/mol. The van der Waals surface area contributed by atoms with Crippen LogP contribution in [0.4, 0.5) is 0 Å². The molecule has 0 aromatic rings. The molecule has 2 fully saturated rings. The summed E-state index contributed by atoms with van der Waals surface area (Å²) in [6.45, 7) is 8.06. The first kappa shape index (κ1) is 10.6. The second kappa shape index (κ2) is 3.74. The molecule has 58 valence electrons. The molecule has 0 aromatic carbocycles. The molecule has 2 aliphatic heterocycles. The Balaban J connectivity index is 0.000000605. The van der Waals surface area contributed by atoms with Gasteiger partial charge in [0.05, 0.1) is 0 Å². The molecule has 2 nitrogen and oxygen atoms in total. The van der Waals surface area contributed by atoms with Crippen LogP contribution in [0.15, 0.2) is 0 Å². The van der Waals surface area contributed by atoms with Crippen LogP contribution in [0.3, 0.4) is 0 Å². The van der Waals surface area contributed by atoms with Crippen molar-refractivity contribution in [2.75, 3.05) is 19.6 Å². The van der Waals surface area contributed by atoms with E-state index in [0.717, 1.165) is 19.1 Å². The number of hydrogen-bond acceptors (Lipinski definition) is 1. The molecule has 0 radical (unpaired) electrons. The van der Waals surface area contributed by atoms with Crippen molar-refractivity contribution in [1.29, 1.82) is 0 Å². The largest absolute Gasteiger partial charge is 1.00 e. The molecular formula is C8H15KN2. The summed E-state index contributed by atoms with van der Waals surface area (Å²) < 4.78 is 0. The molecule has 0 N–H and O–H groups in total. The van der Waals surface area contributed by atoms with Gasteiger partial charge in [-0.1, -0.05) is 0 Å². The van der Waals surface area contributed by atoms with Gasteiger partial charge in [0, 0.05) is 12.6 Å². The fourth-order valence-electron chi connectivity index (χ4n) is 2.07. The van der Waals surface area contributed by atoms with Crippen molar-refractivity contribution < 1.29 is 51.4 Å². The van der Waals surface area contributed by atoms with Crippen LogP contribution in [-0.2, 0) is 0 Å². The Morgan fingerprint density at radius 2 is 2.00 bits per heavy atom. The van der Waals surface area contributed by atoms with Gasteiger partial charge in [0.25, 0.3) is 0 Å². The second-order valence-electron chi connectivity index (χ2n) is 3.80. The van der Waals surface area contributed by atoms with E-state index in [1.807, 2.05) is 0 Å². The van der Waals surface area contributed by atoms with Gasteiger partial charge < -0.3 is 5.32 Å². The van der Waals surface area contributed by atoms with E-state index < -0.39 is 0 Å². The van der Waals surface area contributed by atoms with Crippen molar-refractivity contribution in [3.63, 3.8) is 0 Å². The van der Waals surface area contributed by atoms with Gasteiger partial charge in [-0.2, -0.15) is 0 Å².